The maximum Gasteiger partial charge on any atom is 0.320 e. The molecule has 0 rings (SSSR count). The first-order valence-electron chi connectivity index (χ1n) is 34.2. The molecule has 11 nitrogen and oxygen atoms in total. The monoisotopic (exact) mass is 1130 g/mol. The second-order valence-corrected chi connectivity index (χ2v) is 24.2. The van der Waals surface area contributed by atoms with Crippen molar-refractivity contribution in [1.82, 2.24) is 0 Å². The summed E-state index contributed by atoms with van der Waals surface area (Å²) in [7, 11) is 0. The predicted molar refractivity (Wildman–Crippen MR) is 333 cm³/mol. The van der Waals surface area contributed by atoms with Gasteiger partial charge in [-0.1, -0.05) is 290 Å². The van der Waals surface area contributed by atoms with Gasteiger partial charge in [-0.25, -0.2) is 0 Å². The van der Waals surface area contributed by atoms with Crippen molar-refractivity contribution in [1.29, 1.82) is 0 Å². The fourth-order valence-electron chi connectivity index (χ4n) is 9.70. The Morgan fingerprint density at radius 3 is 0.785 bits per heavy atom. The molecule has 1 unspecified atom stereocenters. The molecule has 0 saturated heterocycles. The third-order valence-electron chi connectivity index (χ3n) is 15.1. The van der Waals surface area contributed by atoms with E-state index >= 15 is 0 Å². The number of unbranched alkanes of at least 4 members (excludes halogenated alkanes) is 44. The van der Waals surface area contributed by atoms with Gasteiger partial charge in [0.2, 0.25) is 0 Å². The summed E-state index contributed by atoms with van der Waals surface area (Å²) >= 11 is 1.40. The van der Waals surface area contributed by atoms with Crippen LogP contribution in [0.4, 0.5) is 0 Å². The molecule has 0 bridgehead atoms. The third kappa shape index (κ3) is 74.3. The topological polar surface area (TPSA) is 180 Å². The number of carbonyl (C=O) groups excluding carboxylic acids is 3. The number of hydrogen-bond acceptors (Lipinski definition) is 9. The van der Waals surface area contributed by atoms with Gasteiger partial charge in [-0.15, -0.1) is 0 Å². The Kier molecular flexibility index (Phi) is 72.8. The first kappa shape index (κ1) is 81.5. The van der Waals surface area contributed by atoms with E-state index in [0.717, 1.165) is 57.8 Å². The molecule has 79 heavy (non-hydrogen) atoms. The SMILES string of the molecule is CCCCCCCCCCCCCCCCCC(=O)OCC(COC(=O)CCCCCCCCCCCCCCCCC)OC(=O)CCCCCCCCCCCCCCCCC.CCCC[CH2][Na].NC(CCC(=O)O)C(=O)O. The summed E-state index contributed by atoms with van der Waals surface area (Å²) in [4.78, 5) is 58.0. The van der Waals surface area contributed by atoms with E-state index < -0.39 is 24.1 Å². The minimum absolute atomic E-state index is 0.0231. The largest absolute Gasteiger partial charge is 0.481 e. The van der Waals surface area contributed by atoms with Crippen molar-refractivity contribution in [3.63, 3.8) is 0 Å². The average Bonchev–Trinajstić information content (AvgIpc) is 3.43. The van der Waals surface area contributed by atoms with Crippen LogP contribution in [0.3, 0.4) is 0 Å². The van der Waals surface area contributed by atoms with Crippen molar-refractivity contribution in [2.24, 2.45) is 5.73 Å². The fourth-order valence-corrected chi connectivity index (χ4v) is 10.2. The van der Waals surface area contributed by atoms with E-state index in [9.17, 15) is 24.0 Å². The van der Waals surface area contributed by atoms with E-state index in [1.807, 2.05) is 0 Å². The summed E-state index contributed by atoms with van der Waals surface area (Å²) in [5, 5.41) is 16.3. The van der Waals surface area contributed by atoms with Crippen molar-refractivity contribution in [3.05, 3.63) is 0 Å². The zero-order valence-corrected chi connectivity index (χ0v) is 55.0. The third-order valence-corrected chi connectivity index (χ3v) is 15.8. The second-order valence-electron chi connectivity index (χ2n) is 23.2. The number of aliphatic carboxylic acids is 2. The number of esters is 3. The molecule has 0 fully saturated rings. The van der Waals surface area contributed by atoms with Crippen LogP contribution in [0.25, 0.3) is 0 Å². The fraction of sp³-hybridized carbons (Fsp3) is 0.925. The number of carboxylic acids is 2. The molecule has 0 saturated carbocycles. The van der Waals surface area contributed by atoms with Gasteiger partial charge in [0.05, 0.1) is 0 Å². The molecule has 0 aliphatic rings. The standard InChI is InChI=1S/C57H110O6.C5H9NO4.C5H11.Na/c1-4-7-10-13-16-19-22-25-28-31-34-37-40-43-46-49-55(58)61-52-54(63-57(60)51-48-45-42-39-36-33-30-27-24-21-18-15-12-9-6-3)53-62-56(59)50-47-44-41-38-35-32-29-26-23-20-17-14-11-8-5-2;6-3(5(9)10)1-2-4(7)8;1-3-5-4-2;/h54H,4-53H2,1-3H3;3H,1-2,6H2,(H,7,8)(H,9,10);1,3-5H2,2H3;. The molecule has 0 spiro atoms. The van der Waals surface area contributed by atoms with E-state index in [2.05, 4.69) is 27.7 Å². The van der Waals surface area contributed by atoms with Gasteiger partial charge in [0.25, 0.3) is 0 Å². The number of nitrogens with two attached hydrogens (primary N) is 1. The molecule has 0 amide bonds. The minimum Gasteiger partial charge on any atom is -0.481 e. The molecule has 0 radical (unpaired) electrons. The number of carboxylic acid groups (broad SMARTS) is 2. The summed E-state index contributed by atoms with van der Waals surface area (Å²) in [6, 6.07) is -1.06. The predicted octanol–water partition coefficient (Wildman–Crippen LogP) is 19.8. The van der Waals surface area contributed by atoms with E-state index in [1.165, 1.54) is 282 Å². The Bertz CT molecular complexity index is 1230. The first-order valence-corrected chi connectivity index (χ1v) is 35.6. The van der Waals surface area contributed by atoms with Crippen molar-refractivity contribution in [2.45, 2.75) is 384 Å². The van der Waals surface area contributed by atoms with Gasteiger partial charge in [0.1, 0.15) is 19.3 Å². The van der Waals surface area contributed by atoms with Gasteiger partial charge in [-0.05, 0) is 25.7 Å². The van der Waals surface area contributed by atoms with Gasteiger partial charge in [-0.2, -0.15) is 0 Å². The molecule has 0 aromatic carbocycles. The van der Waals surface area contributed by atoms with Crippen LogP contribution in [0.1, 0.15) is 368 Å². The summed E-state index contributed by atoms with van der Waals surface area (Å²) in [5.74, 6) is -3.03. The number of hydrogen-bond donors (Lipinski definition) is 3. The van der Waals surface area contributed by atoms with Crippen LogP contribution in [0.2, 0.25) is 3.67 Å². The Morgan fingerprint density at radius 2 is 0.570 bits per heavy atom. The molecule has 4 N–H and O–H groups in total. The van der Waals surface area contributed by atoms with Gasteiger partial charge in [0, 0.05) is 25.7 Å². The zero-order chi connectivity index (χ0) is 58.8. The smallest absolute Gasteiger partial charge is 0.320 e. The zero-order valence-electron chi connectivity index (χ0n) is 53.0. The summed E-state index contributed by atoms with van der Waals surface area (Å²) in [6.45, 7) is 8.95. The molecule has 0 aliphatic heterocycles. The van der Waals surface area contributed by atoms with Crippen LogP contribution < -0.4 is 5.73 Å². The first-order chi connectivity index (χ1) is 38.5. The van der Waals surface area contributed by atoms with Crippen molar-refractivity contribution in [3.8, 4) is 0 Å². The Balaban J connectivity index is -0.00000310. The van der Waals surface area contributed by atoms with Crippen LogP contribution in [0.15, 0.2) is 0 Å². The maximum absolute atomic E-state index is 12.8. The van der Waals surface area contributed by atoms with E-state index in [-0.39, 0.29) is 44.0 Å². The minimum atomic E-state index is -1.17. The number of carbonyl (C=O) groups is 5. The summed E-state index contributed by atoms with van der Waals surface area (Å²) in [6.07, 6.45) is 62.1. The second kappa shape index (κ2) is 70.6. The molecule has 464 valence electrons. The molecule has 0 heterocycles. The van der Waals surface area contributed by atoms with Crippen LogP contribution in [0, 0.1) is 0 Å². The summed E-state index contributed by atoms with van der Waals surface area (Å²) < 4.78 is 18.4. The molecule has 0 aromatic rings. The Labute approximate surface area is 505 Å². The van der Waals surface area contributed by atoms with Crippen LogP contribution in [-0.2, 0) is 38.2 Å². The van der Waals surface area contributed by atoms with Crippen molar-refractivity contribution >= 4 is 57.8 Å². The van der Waals surface area contributed by atoms with E-state index in [4.69, 9.17) is 30.2 Å². The summed E-state index contributed by atoms with van der Waals surface area (Å²) in [5.41, 5.74) is 5.00. The van der Waals surface area contributed by atoms with E-state index in [0.29, 0.717) is 19.3 Å². The maximum atomic E-state index is 12.8. The van der Waals surface area contributed by atoms with Crippen molar-refractivity contribution in [2.75, 3.05) is 13.2 Å². The van der Waals surface area contributed by atoms with Gasteiger partial charge in [0.15, 0.2) is 6.10 Å². The Morgan fingerprint density at radius 1 is 0.342 bits per heavy atom. The molecule has 0 aliphatic carbocycles. The van der Waals surface area contributed by atoms with Gasteiger partial charge < -0.3 is 30.2 Å². The van der Waals surface area contributed by atoms with Crippen LogP contribution >= 0.6 is 0 Å². The molecular formula is C67H130NNaO10. The molecule has 0 aromatic heterocycles. The van der Waals surface area contributed by atoms with Crippen LogP contribution in [-0.4, -0.2) is 93.3 Å². The van der Waals surface area contributed by atoms with Crippen molar-refractivity contribution < 1.29 is 48.4 Å². The molecule has 1 atom stereocenters. The number of ether oxygens (including phenoxy) is 3. The van der Waals surface area contributed by atoms with E-state index in [1.54, 1.807) is 0 Å². The Hall–Kier alpha value is -1.69. The number of rotatable bonds is 60. The average molecular weight is 1130 g/mol. The quantitative estimate of drug-likeness (QED) is 0.0228. The normalized spacial score (nSPS) is 11.4. The van der Waals surface area contributed by atoms with Gasteiger partial charge in [-0.3, -0.25) is 24.0 Å². The molecular weight excluding hydrogens is 1000 g/mol. The molecule has 12 heteroatoms. The van der Waals surface area contributed by atoms with Gasteiger partial charge >= 0.3 is 87.6 Å². The van der Waals surface area contributed by atoms with Crippen LogP contribution in [0.5, 0.6) is 0 Å².